The Hall–Kier alpha value is -1.06. The van der Waals surface area contributed by atoms with E-state index in [1.165, 1.54) is 0 Å². The van der Waals surface area contributed by atoms with E-state index < -0.39 is 22.7 Å². The number of esters is 1. The van der Waals surface area contributed by atoms with Crippen LogP contribution in [0.1, 0.15) is 153 Å². The van der Waals surface area contributed by atoms with Crippen molar-refractivity contribution < 1.29 is 19.4 Å². The van der Waals surface area contributed by atoms with E-state index in [1.807, 2.05) is 0 Å². The molecule has 1 saturated carbocycles. The minimum absolute atomic E-state index is 0.00886. The highest BCUT2D eigenvalue weighted by Crippen LogP contribution is 2.72. The van der Waals surface area contributed by atoms with Gasteiger partial charge in [-0.1, -0.05) is 94.9 Å². The fraction of sp³-hybridized carbons (Fsp3) is 0.939. The Morgan fingerprint density at radius 2 is 1.35 bits per heavy atom. The molecule has 1 fully saturated rings. The summed E-state index contributed by atoms with van der Waals surface area (Å²) in [6, 6.07) is 0. The molecule has 3 unspecified atom stereocenters. The minimum atomic E-state index is -0.662. The second kappa shape index (κ2) is 13.3. The van der Waals surface area contributed by atoms with Gasteiger partial charge in [-0.25, -0.2) is 0 Å². The largest absolute Gasteiger partial charge is 0.481 e. The van der Waals surface area contributed by atoms with Crippen LogP contribution in [0.3, 0.4) is 0 Å². The van der Waals surface area contributed by atoms with Crippen LogP contribution in [0, 0.1) is 38.9 Å². The van der Waals surface area contributed by atoms with Gasteiger partial charge in [0.1, 0.15) is 0 Å². The SMILES string of the molecule is CCC(CC)C1(CC)CCC1(CC(CC)(CC)C(CC)(CC)C(CC(C)(CC)CC)C(=O)O)C(=O)OC. The number of carboxylic acids is 1. The molecule has 3 atom stereocenters. The molecule has 0 saturated heterocycles. The quantitative estimate of drug-likeness (QED) is 0.182. The first-order chi connectivity index (χ1) is 17.4. The van der Waals surface area contributed by atoms with E-state index in [1.54, 1.807) is 7.11 Å². The standard InChI is InChI=1S/C33H62O4/c1-12-25(13-2)32(20-9)21-22-33(32,28(36)37-11)24-30(16-5,17-6)31(18-7,19-8)26(27(34)35)23-29(10,14-3)15-4/h25-26H,12-24H2,1-11H3,(H,34,35). The van der Waals surface area contributed by atoms with Gasteiger partial charge in [-0.05, 0) is 85.4 Å². The number of carbonyl (C=O) groups is 2. The van der Waals surface area contributed by atoms with E-state index in [4.69, 9.17) is 4.74 Å². The lowest BCUT2D eigenvalue weighted by Crippen LogP contribution is -2.63. The van der Waals surface area contributed by atoms with E-state index >= 15 is 0 Å². The molecule has 0 aromatic rings. The molecular weight excluding hydrogens is 460 g/mol. The van der Waals surface area contributed by atoms with Gasteiger partial charge >= 0.3 is 11.9 Å². The van der Waals surface area contributed by atoms with Gasteiger partial charge in [-0.15, -0.1) is 0 Å². The highest BCUT2D eigenvalue weighted by Gasteiger charge is 2.69. The normalized spacial score (nSPS) is 23.6. The van der Waals surface area contributed by atoms with Crippen molar-refractivity contribution in [3.63, 3.8) is 0 Å². The molecule has 1 aliphatic carbocycles. The molecule has 218 valence electrons. The summed E-state index contributed by atoms with van der Waals surface area (Å²) in [4.78, 5) is 27.1. The van der Waals surface area contributed by atoms with Crippen molar-refractivity contribution in [2.45, 2.75) is 153 Å². The Bertz CT molecular complexity index is 723. The van der Waals surface area contributed by atoms with E-state index in [0.29, 0.717) is 12.3 Å². The Labute approximate surface area is 230 Å². The molecule has 1 rings (SSSR count). The summed E-state index contributed by atoms with van der Waals surface area (Å²) in [6.07, 6.45) is 11.8. The van der Waals surface area contributed by atoms with Crippen molar-refractivity contribution in [2.24, 2.45) is 38.9 Å². The number of hydrogen-bond acceptors (Lipinski definition) is 3. The van der Waals surface area contributed by atoms with Crippen LogP contribution in [0.15, 0.2) is 0 Å². The Morgan fingerprint density at radius 1 is 0.838 bits per heavy atom. The minimum Gasteiger partial charge on any atom is -0.481 e. The number of rotatable bonds is 18. The van der Waals surface area contributed by atoms with Crippen molar-refractivity contribution >= 4 is 11.9 Å². The van der Waals surface area contributed by atoms with Gasteiger partial charge in [0.05, 0.1) is 18.4 Å². The highest BCUT2D eigenvalue weighted by atomic mass is 16.5. The van der Waals surface area contributed by atoms with Gasteiger partial charge in [-0.3, -0.25) is 9.59 Å². The molecule has 0 bridgehead atoms. The van der Waals surface area contributed by atoms with E-state index in [2.05, 4.69) is 69.2 Å². The van der Waals surface area contributed by atoms with Crippen molar-refractivity contribution in [3.05, 3.63) is 0 Å². The molecule has 0 radical (unpaired) electrons. The molecule has 1 aliphatic rings. The first-order valence-electron chi connectivity index (χ1n) is 15.7. The molecule has 4 nitrogen and oxygen atoms in total. The predicted octanol–water partition coefficient (Wildman–Crippen LogP) is 9.69. The number of ether oxygens (including phenoxy) is 1. The fourth-order valence-electron chi connectivity index (χ4n) is 9.42. The second-order valence-electron chi connectivity index (χ2n) is 12.7. The zero-order chi connectivity index (χ0) is 28.7. The zero-order valence-electron chi connectivity index (χ0n) is 26.5. The van der Waals surface area contributed by atoms with Crippen LogP contribution in [0.2, 0.25) is 0 Å². The van der Waals surface area contributed by atoms with Crippen molar-refractivity contribution in [3.8, 4) is 0 Å². The van der Waals surface area contributed by atoms with Crippen LogP contribution in [-0.2, 0) is 14.3 Å². The number of carboxylic acid groups (broad SMARTS) is 1. The number of aliphatic carboxylic acids is 1. The van der Waals surface area contributed by atoms with E-state index in [0.717, 1.165) is 77.0 Å². The van der Waals surface area contributed by atoms with Gasteiger partial charge in [-0.2, -0.15) is 0 Å². The summed E-state index contributed by atoms with van der Waals surface area (Å²) in [5.41, 5.74) is -1.28. The van der Waals surface area contributed by atoms with Crippen LogP contribution >= 0.6 is 0 Å². The number of hydrogen-bond donors (Lipinski definition) is 1. The highest BCUT2D eigenvalue weighted by molar-refractivity contribution is 5.79. The molecule has 0 heterocycles. The van der Waals surface area contributed by atoms with E-state index in [-0.39, 0.29) is 22.2 Å². The average Bonchev–Trinajstić information content (AvgIpc) is 2.91. The van der Waals surface area contributed by atoms with Crippen LogP contribution in [0.4, 0.5) is 0 Å². The van der Waals surface area contributed by atoms with Crippen molar-refractivity contribution in [2.75, 3.05) is 7.11 Å². The molecule has 1 N–H and O–H groups in total. The fourth-order valence-corrected chi connectivity index (χ4v) is 9.42. The van der Waals surface area contributed by atoms with Gasteiger partial charge < -0.3 is 9.84 Å². The Balaban J connectivity index is 3.93. The molecule has 0 spiro atoms. The average molecular weight is 523 g/mol. The molecule has 0 aromatic heterocycles. The molecule has 0 aliphatic heterocycles. The lowest BCUT2D eigenvalue weighted by molar-refractivity contribution is -0.213. The lowest BCUT2D eigenvalue weighted by Gasteiger charge is -2.66. The van der Waals surface area contributed by atoms with Gasteiger partial charge in [0, 0.05) is 0 Å². The third kappa shape index (κ3) is 5.38. The lowest BCUT2D eigenvalue weighted by atomic mass is 9.37. The van der Waals surface area contributed by atoms with Gasteiger partial charge in [0.15, 0.2) is 0 Å². The molecule has 0 amide bonds. The zero-order valence-corrected chi connectivity index (χ0v) is 26.5. The third-order valence-electron chi connectivity index (χ3n) is 12.6. The molecule has 0 aromatic carbocycles. The number of carbonyl (C=O) groups excluding carboxylic acids is 1. The van der Waals surface area contributed by atoms with Crippen molar-refractivity contribution in [1.82, 2.24) is 0 Å². The van der Waals surface area contributed by atoms with Crippen LogP contribution in [-0.4, -0.2) is 24.2 Å². The van der Waals surface area contributed by atoms with E-state index in [9.17, 15) is 14.7 Å². The van der Waals surface area contributed by atoms with Crippen molar-refractivity contribution in [1.29, 1.82) is 0 Å². The topological polar surface area (TPSA) is 63.6 Å². The number of methoxy groups -OCH3 is 1. The monoisotopic (exact) mass is 522 g/mol. The first kappa shape index (κ1) is 34.0. The third-order valence-corrected chi connectivity index (χ3v) is 12.6. The van der Waals surface area contributed by atoms with Gasteiger partial charge in [0.25, 0.3) is 0 Å². The second-order valence-corrected chi connectivity index (χ2v) is 12.7. The summed E-state index contributed by atoms with van der Waals surface area (Å²) in [5.74, 6) is -0.691. The predicted molar refractivity (Wildman–Crippen MR) is 156 cm³/mol. The molecular formula is C33H62O4. The molecule has 4 heteroatoms. The van der Waals surface area contributed by atoms with Crippen LogP contribution in [0.25, 0.3) is 0 Å². The van der Waals surface area contributed by atoms with Gasteiger partial charge in [0.2, 0.25) is 0 Å². The van der Waals surface area contributed by atoms with Crippen LogP contribution < -0.4 is 0 Å². The smallest absolute Gasteiger partial charge is 0.312 e. The Kier molecular flexibility index (Phi) is 12.2. The Morgan fingerprint density at radius 3 is 1.62 bits per heavy atom. The summed E-state index contributed by atoms with van der Waals surface area (Å²) in [7, 11) is 1.55. The maximum atomic E-state index is 13.9. The summed E-state index contributed by atoms with van der Waals surface area (Å²) >= 11 is 0. The van der Waals surface area contributed by atoms with Crippen LogP contribution in [0.5, 0.6) is 0 Å². The maximum absolute atomic E-state index is 13.9. The summed E-state index contributed by atoms with van der Waals surface area (Å²) in [6.45, 7) is 22.3. The maximum Gasteiger partial charge on any atom is 0.312 e. The summed E-state index contributed by atoms with van der Waals surface area (Å²) in [5, 5.41) is 10.8. The molecule has 37 heavy (non-hydrogen) atoms. The summed E-state index contributed by atoms with van der Waals surface area (Å²) < 4.78 is 5.64. The first-order valence-corrected chi connectivity index (χ1v) is 15.7.